The topological polar surface area (TPSA) is 68.2 Å². The van der Waals surface area contributed by atoms with E-state index in [2.05, 4.69) is 37.5 Å². The lowest BCUT2D eigenvalue weighted by molar-refractivity contribution is -0.117. The highest BCUT2D eigenvalue weighted by Crippen LogP contribution is 2.40. The van der Waals surface area contributed by atoms with E-state index in [1.165, 1.54) is 0 Å². The molecule has 0 spiro atoms. The van der Waals surface area contributed by atoms with Gasteiger partial charge in [-0.3, -0.25) is 14.8 Å². The van der Waals surface area contributed by atoms with Gasteiger partial charge in [0, 0.05) is 23.2 Å². The molecule has 1 unspecified atom stereocenters. The largest absolute Gasteiger partial charge is 0.489 e. The minimum atomic E-state index is -0.377. The van der Waals surface area contributed by atoms with Crippen LogP contribution in [0.25, 0.3) is 0 Å². The van der Waals surface area contributed by atoms with Crippen molar-refractivity contribution in [3.05, 3.63) is 77.1 Å². The molecular formula is C27H33ClN4O2. The molecular weight excluding hydrogens is 448 g/mol. The molecule has 1 amide bonds. The maximum atomic E-state index is 13.3. The third-order valence-corrected chi connectivity index (χ3v) is 6.25. The van der Waals surface area contributed by atoms with Crippen LogP contribution in [0, 0.1) is 0 Å². The van der Waals surface area contributed by atoms with E-state index < -0.39 is 0 Å². The molecule has 4 rings (SSSR count). The Morgan fingerprint density at radius 3 is 2.50 bits per heavy atom. The molecule has 1 saturated heterocycles. The number of hydrogen-bond acceptors (Lipinski definition) is 4. The van der Waals surface area contributed by atoms with Gasteiger partial charge in [0.05, 0.1) is 29.1 Å². The van der Waals surface area contributed by atoms with Crippen LogP contribution in [0.2, 0.25) is 5.02 Å². The number of benzene rings is 2. The number of carbonyl (C=O) groups is 1. The molecule has 0 bridgehead atoms. The molecule has 3 atom stereocenters. The number of halogens is 1. The smallest absolute Gasteiger partial charge is 0.241 e. The van der Waals surface area contributed by atoms with Gasteiger partial charge in [-0.2, -0.15) is 5.10 Å². The fourth-order valence-corrected chi connectivity index (χ4v) is 4.45. The number of nitrogens with zero attached hydrogens (tertiary/aromatic N) is 2. The number of anilines is 1. The molecule has 3 aromatic rings. The van der Waals surface area contributed by atoms with Gasteiger partial charge in [0.25, 0.3) is 0 Å². The fourth-order valence-electron chi connectivity index (χ4n) is 4.32. The minimum absolute atomic E-state index is 0.0132. The third-order valence-electron chi connectivity index (χ3n) is 6.00. The number of para-hydroxylation sites is 2. The second-order valence-corrected chi connectivity index (χ2v) is 10.5. The Bertz CT molecular complexity index is 1130. The molecule has 0 aliphatic carbocycles. The number of aromatic nitrogens is 2. The molecule has 1 aliphatic heterocycles. The SMILES string of the molecule is CC(C)Oc1ccccc1NC(=O)[C@@H]1CC(c2ccn(C(C)(C)C)n2)[C@H](c2ccc(Cl)cc2)N1. The first-order valence-corrected chi connectivity index (χ1v) is 12.1. The molecule has 2 N–H and O–H groups in total. The summed E-state index contributed by atoms with van der Waals surface area (Å²) in [5.41, 5.74) is 2.61. The summed E-state index contributed by atoms with van der Waals surface area (Å²) in [6, 6.07) is 17.0. The van der Waals surface area contributed by atoms with Crippen LogP contribution in [-0.2, 0) is 10.3 Å². The van der Waals surface area contributed by atoms with Crippen molar-refractivity contribution in [1.82, 2.24) is 15.1 Å². The molecule has 1 aliphatic rings. The second kappa shape index (κ2) is 9.80. The van der Waals surface area contributed by atoms with Gasteiger partial charge in [-0.05, 0) is 76.9 Å². The summed E-state index contributed by atoms with van der Waals surface area (Å²) in [5.74, 6) is 0.623. The number of rotatable bonds is 6. The number of hydrogen-bond donors (Lipinski definition) is 2. The molecule has 1 fully saturated rings. The van der Waals surface area contributed by atoms with Crippen molar-refractivity contribution in [2.75, 3.05) is 5.32 Å². The van der Waals surface area contributed by atoms with Gasteiger partial charge < -0.3 is 10.1 Å². The van der Waals surface area contributed by atoms with Crippen molar-refractivity contribution in [3.63, 3.8) is 0 Å². The zero-order valence-electron chi connectivity index (χ0n) is 20.4. The molecule has 2 aromatic carbocycles. The standard InChI is InChI=1S/C27H33ClN4O2/c1-17(2)34-24-9-7-6-8-22(24)30-26(33)23-16-20(21-14-15-32(31-21)27(3,4)5)25(29-23)18-10-12-19(28)13-11-18/h6-15,17,20,23,25,29H,16H2,1-5H3,(H,30,33)/t20?,23-,25-/m0/s1. The fraction of sp³-hybridized carbons (Fsp3) is 0.407. The van der Waals surface area contributed by atoms with E-state index in [9.17, 15) is 4.79 Å². The predicted molar refractivity (Wildman–Crippen MR) is 137 cm³/mol. The van der Waals surface area contributed by atoms with Crippen molar-refractivity contribution < 1.29 is 9.53 Å². The van der Waals surface area contributed by atoms with Gasteiger partial charge in [0.1, 0.15) is 5.75 Å². The predicted octanol–water partition coefficient (Wildman–Crippen LogP) is 5.90. The van der Waals surface area contributed by atoms with Crippen LogP contribution in [-0.4, -0.2) is 27.8 Å². The average molecular weight is 481 g/mol. The molecule has 0 saturated carbocycles. The van der Waals surface area contributed by atoms with Crippen molar-refractivity contribution in [2.45, 2.75) is 70.7 Å². The van der Waals surface area contributed by atoms with Crippen LogP contribution in [0.3, 0.4) is 0 Å². The van der Waals surface area contributed by atoms with Crippen LogP contribution in [0.4, 0.5) is 5.69 Å². The first-order valence-electron chi connectivity index (χ1n) is 11.8. The van der Waals surface area contributed by atoms with Crippen LogP contribution in [0.1, 0.15) is 64.3 Å². The lowest BCUT2D eigenvalue weighted by Crippen LogP contribution is -2.36. The Kier molecular flexibility index (Phi) is 7.01. The first kappa shape index (κ1) is 24.3. The molecule has 7 heteroatoms. The van der Waals surface area contributed by atoms with Gasteiger partial charge >= 0.3 is 0 Å². The zero-order valence-corrected chi connectivity index (χ0v) is 21.1. The monoisotopic (exact) mass is 480 g/mol. The van der Waals surface area contributed by atoms with Crippen molar-refractivity contribution >= 4 is 23.2 Å². The number of carbonyl (C=O) groups excluding carboxylic acids is 1. The number of amides is 1. The average Bonchev–Trinajstić information content (AvgIpc) is 3.43. The molecule has 0 radical (unpaired) electrons. The Morgan fingerprint density at radius 1 is 1.15 bits per heavy atom. The molecule has 6 nitrogen and oxygen atoms in total. The zero-order chi connectivity index (χ0) is 24.5. The summed E-state index contributed by atoms with van der Waals surface area (Å²) in [6.07, 6.45) is 2.66. The van der Waals surface area contributed by atoms with Crippen molar-refractivity contribution in [3.8, 4) is 5.75 Å². The molecule has 180 valence electrons. The van der Waals surface area contributed by atoms with Gasteiger partial charge in [-0.25, -0.2) is 0 Å². The van der Waals surface area contributed by atoms with Crippen LogP contribution in [0.15, 0.2) is 60.8 Å². The molecule has 2 heterocycles. The van der Waals surface area contributed by atoms with Gasteiger partial charge in [-0.15, -0.1) is 0 Å². The summed E-state index contributed by atoms with van der Waals surface area (Å²) in [6.45, 7) is 10.3. The highest BCUT2D eigenvalue weighted by Gasteiger charge is 2.40. The maximum absolute atomic E-state index is 13.3. The maximum Gasteiger partial charge on any atom is 0.241 e. The van der Waals surface area contributed by atoms with Crippen molar-refractivity contribution in [2.24, 2.45) is 0 Å². The van der Waals surface area contributed by atoms with Crippen LogP contribution >= 0.6 is 11.6 Å². The van der Waals surface area contributed by atoms with Crippen LogP contribution < -0.4 is 15.4 Å². The van der Waals surface area contributed by atoms with E-state index in [0.717, 1.165) is 11.3 Å². The third kappa shape index (κ3) is 5.45. The normalized spacial score (nSPS) is 20.5. The Morgan fingerprint density at radius 2 is 1.85 bits per heavy atom. The second-order valence-electron chi connectivity index (χ2n) is 10.1. The van der Waals surface area contributed by atoms with E-state index in [4.69, 9.17) is 21.4 Å². The van der Waals surface area contributed by atoms with Gasteiger partial charge in [-0.1, -0.05) is 35.9 Å². The summed E-state index contributed by atoms with van der Waals surface area (Å²) in [7, 11) is 0. The van der Waals surface area contributed by atoms with E-state index in [0.29, 0.717) is 22.9 Å². The highest BCUT2D eigenvalue weighted by atomic mass is 35.5. The quantitative estimate of drug-likeness (QED) is 0.460. The van der Waals surface area contributed by atoms with Crippen LogP contribution in [0.5, 0.6) is 5.75 Å². The minimum Gasteiger partial charge on any atom is -0.489 e. The number of ether oxygens (including phenoxy) is 1. The van der Waals surface area contributed by atoms with Gasteiger partial charge in [0.2, 0.25) is 5.91 Å². The van der Waals surface area contributed by atoms with E-state index in [-0.39, 0.29) is 35.6 Å². The van der Waals surface area contributed by atoms with E-state index in [1.807, 2.05) is 73.3 Å². The van der Waals surface area contributed by atoms with E-state index >= 15 is 0 Å². The first-order chi connectivity index (χ1) is 16.1. The van der Waals surface area contributed by atoms with Gasteiger partial charge in [0.15, 0.2) is 0 Å². The van der Waals surface area contributed by atoms with Crippen molar-refractivity contribution in [1.29, 1.82) is 0 Å². The molecule has 1 aromatic heterocycles. The number of nitrogens with one attached hydrogen (secondary N) is 2. The Labute approximate surface area is 206 Å². The highest BCUT2D eigenvalue weighted by molar-refractivity contribution is 6.30. The summed E-state index contributed by atoms with van der Waals surface area (Å²) in [4.78, 5) is 13.3. The summed E-state index contributed by atoms with van der Waals surface area (Å²) < 4.78 is 7.86. The summed E-state index contributed by atoms with van der Waals surface area (Å²) >= 11 is 6.13. The molecule has 34 heavy (non-hydrogen) atoms. The Balaban J connectivity index is 1.59. The van der Waals surface area contributed by atoms with E-state index in [1.54, 1.807) is 0 Å². The lowest BCUT2D eigenvalue weighted by atomic mass is 9.90. The summed E-state index contributed by atoms with van der Waals surface area (Å²) in [5, 5.41) is 12.2. The lowest BCUT2D eigenvalue weighted by Gasteiger charge is -2.21. The Hall–Kier alpha value is -2.83.